The van der Waals surface area contributed by atoms with E-state index in [9.17, 15) is 4.79 Å². The van der Waals surface area contributed by atoms with Crippen LogP contribution in [0.15, 0.2) is 47.0 Å². The molecule has 2 heterocycles. The van der Waals surface area contributed by atoms with Gasteiger partial charge in [-0.25, -0.2) is 0 Å². The fraction of sp³-hybridized carbons (Fsp3) is 0.348. The largest absolute Gasteiger partial charge is 0.496 e. The second-order valence-corrected chi connectivity index (χ2v) is 7.32. The molecule has 0 aliphatic carbocycles. The molecule has 162 valence electrons. The van der Waals surface area contributed by atoms with Crippen LogP contribution in [0.5, 0.6) is 17.2 Å². The first-order valence-electron chi connectivity index (χ1n) is 10.1. The predicted octanol–water partition coefficient (Wildman–Crippen LogP) is 3.78. The third-order valence-corrected chi connectivity index (χ3v) is 5.48. The first-order chi connectivity index (χ1) is 15.1. The van der Waals surface area contributed by atoms with Gasteiger partial charge in [-0.2, -0.15) is 4.98 Å². The molecule has 1 unspecified atom stereocenters. The van der Waals surface area contributed by atoms with Crippen LogP contribution in [0.1, 0.15) is 34.9 Å². The average Bonchev–Trinajstić information content (AvgIpc) is 3.33. The maximum Gasteiger partial charge on any atom is 0.261 e. The van der Waals surface area contributed by atoms with Gasteiger partial charge in [-0.15, -0.1) is 0 Å². The Bertz CT molecular complexity index is 1060. The number of carbonyl (C=O) groups is 1. The van der Waals surface area contributed by atoms with Crippen molar-refractivity contribution in [1.29, 1.82) is 0 Å². The molecular formula is C23H25N3O5. The number of carbonyl (C=O) groups excluding carboxylic acids is 1. The van der Waals surface area contributed by atoms with Crippen LogP contribution in [-0.4, -0.2) is 55.4 Å². The molecule has 1 aliphatic rings. The summed E-state index contributed by atoms with van der Waals surface area (Å²) in [7, 11) is 4.73. The molecule has 1 aromatic heterocycles. The Morgan fingerprint density at radius 3 is 2.58 bits per heavy atom. The first kappa shape index (κ1) is 20.7. The molecule has 0 saturated carbocycles. The minimum Gasteiger partial charge on any atom is -0.496 e. The molecule has 0 N–H and O–H groups in total. The summed E-state index contributed by atoms with van der Waals surface area (Å²) in [6.07, 6.45) is 1.75. The third kappa shape index (κ3) is 4.19. The smallest absolute Gasteiger partial charge is 0.261 e. The van der Waals surface area contributed by atoms with E-state index in [1.54, 1.807) is 39.5 Å². The minimum absolute atomic E-state index is 0.00468. The number of ether oxygens (including phenoxy) is 3. The predicted molar refractivity (Wildman–Crippen MR) is 114 cm³/mol. The monoisotopic (exact) mass is 423 g/mol. The summed E-state index contributed by atoms with van der Waals surface area (Å²) in [6, 6.07) is 12.7. The number of hydrogen-bond acceptors (Lipinski definition) is 7. The Balaban J connectivity index is 1.52. The summed E-state index contributed by atoms with van der Waals surface area (Å²) in [6.45, 7) is 1.21. The highest BCUT2D eigenvalue weighted by atomic mass is 16.5. The van der Waals surface area contributed by atoms with Crippen molar-refractivity contribution in [3.05, 3.63) is 53.9 Å². The van der Waals surface area contributed by atoms with Gasteiger partial charge in [-0.1, -0.05) is 17.3 Å². The quantitative estimate of drug-likeness (QED) is 0.596. The van der Waals surface area contributed by atoms with Gasteiger partial charge in [-0.3, -0.25) is 4.79 Å². The van der Waals surface area contributed by atoms with Crippen LogP contribution in [0.2, 0.25) is 0 Å². The maximum atomic E-state index is 13.1. The highest BCUT2D eigenvalue weighted by Crippen LogP contribution is 2.32. The Morgan fingerprint density at radius 2 is 1.81 bits per heavy atom. The Kier molecular flexibility index (Phi) is 6.06. The van der Waals surface area contributed by atoms with E-state index in [2.05, 4.69) is 10.1 Å². The second kappa shape index (κ2) is 9.07. The number of methoxy groups -OCH3 is 3. The summed E-state index contributed by atoms with van der Waals surface area (Å²) >= 11 is 0. The van der Waals surface area contributed by atoms with E-state index in [1.165, 1.54) is 0 Å². The summed E-state index contributed by atoms with van der Waals surface area (Å²) in [5, 5.41) is 4.19. The molecule has 0 bridgehead atoms. The number of hydrogen-bond donors (Lipinski definition) is 0. The highest BCUT2D eigenvalue weighted by molar-refractivity contribution is 5.95. The van der Waals surface area contributed by atoms with Gasteiger partial charge >= 0.3 is 0 Å². The lowest BCUT2D eigenvalue weighted by Crippen LogP contribution is -2.39. The Hall–Kier alpha value is -3.55. The van der Waals surface area contributed by atoms with Crippen molar-refractivity contribution in [1.82, 2.24) is 15.0 Å². The molecule has 1 fully saturated rings. The van der Waals surface area contributed by atoms with E-state index < -0.39 is 0 Å². The van der Waals surface area contributed by atoms with Crippen molar-refractivity contribution in [3.8, 4) is 28.7 Å². The number of aromatic nitrogens is 2. The molecule has 8 heteroatoms. The van der Waals surface area contributed by atoms with Crippen molar-refractivity contribution < 1.29 is 23.5 Å². The van der Waals surface area contributed by atoms with Gasteiger partial charge in [-0.05, 0) is 43.2 Å². The lowest BCUT2D eigenvalue weighted by atomic mass is 9.96. The van der Waals surface area contributed by atoms with Crippen LogP contribution < -0.4 is 14.2 Å². The number of nitrogens with zero attached hydrogens (tertiary/aromatic N) is 3. The summed E-state index contributed by atoms with van der Waals surface area (Å²) < 4.78 is 21.5. The van der Waals surface area contributed by atoms with E-state index in [1.807, 2.05) is 29.2 Å². The lowest BCUT2D eigenvalue weighted by Gasteiger charge is -2.31. The topological polar surface area (TPSA) is 86.9 Å². The van der Waals surface area contributed by atoms with Gasteiger partial charge in [0.05, 0.1) is 26.9 Å². The molecule has 1 atom stereocenters. The third-order valence-electron chi connectivity index (χ3n) is 5.48. The number of para-hydroxylation sites is 1. The molecule has 1 saturated heterocycles. The van der Waals surface area contributed by atoms with Crippen LogP contribution in [0.25, 0.3) is 11.5 Å². The number of likely N-dealkylation sites (tertiary alicyclic amines) is 1. The average molecular weight is 423 g/mol. The van der Waals surface area contributed by atoms with E-state index >= 15 is 0 Å². The zero-order valence-electron chi connectivity index (χ0n) is 17.8. The number of benzene rings is 2. The van der Waals surface area contributed by atoms with Crippen LogP contribution in [-0.2, 0) is 0 Å². The van der Waals surface area contributed by atoms with Crippen LogP contribution in [0.3, 0.4) is 0 Å². The standard InChI is InChI=1S/C23H25N3O5/c1-28-18-9-5-4-8-17(18)22-24-21(25-31-22)16-7-6-12-26(14-16)23(27)15-10-11-19(29-2)20(13-15)30-3/h4-5,8-11,13,16H,6-7,12,14H2,1-3H3. The molecular weight excluding hydrogens is 398 g/mol. The first-order valence-corrected chi connectivity index (χ1v) is 10.1. The highest BCUT2D eigenvalue weighted by Gasteiger charge is 2.29. The summed E-state index contributed by atoms with van der Waals surface area (Å²) in [5.41, 5.74) is 1.30. The lowest BCUT2D eigenvalue weighted by molar-refractivity contribution is 0.0703. The van der Waals surface area contributed by atoms with Crippen molar-refractivity contribution in [2.45, 2.75) is 18.8 Å². The summed E-state index contributed by atoms with van der Waals surface area (Å²) in [5.74, 6) is 2.75. The van der Waals surface area contributed by atoms with E-state index in [4.69, 9.17) is 18.7 Å². The van der Waals surface area contributed by atoms with Gasteiger partial charge in [0.2, 0.25) is 0 Å². The van der Waals surface area contributed by atoms with Gasteiger partial charge in [0, 0.05) is 24.6 Å². The van der Waals surface area contributed by atoms with Crippen molar-refractivity contribution in [2.75, 3.05) is 34.4 Å². The molecule has 8 nitrogen and oxygen atoms in total. The molecule has 0 spiro atoms. The minimum atomic E-state index is -0.0564. The van der Waals surface area contributed by atoms with E-state index in [0.29, 0.717) is 47.6 Å². The van der Waals surface area contributed by atoms with Crippen LogP contribution in [0, 0.1) is 0 Å². The Labute approximate surface area is 180 Å². The van der Waals surface area contributed by atoms with Crippen molar-refractivity contribution in [3.63, 3.8) is 0 Å². The molecule has 31 heavy (non-hydrogen) atoms. The molecule has 4 rings (SSSR count). The second-order valence-electron chi connectivity index (χ2n) is 7.32. The Morgan fingerprint density at radius 1 is 1.03 bits per heavy atom. The van der Waals surface area contributed by atoms with Crippen molar-refractivity contribution in [2.24, 2.45) is 0 Å². The van der Waals surface area contributed by atoms with E-state index in [-0.39, 0.29) is 11.8 Å². The molecule has 1 amide bonds. The van der Waals surface area contributed by atoms with Gasteiger partial charge in [0.1, 0.15) is 5.75 Å². The zero-order valence-corrected chi connectivity index (χ0v) is 17.8. The van der Waals surface area contributed by atoms with E-state index in [0.717, 1.165) is 18.4 Å². The molecule has 3 aromatic rings. The SMILES string of the molecule is COc1ccc(C(=O)N2CCCC(c3noc(-c4ccccc4OC)n3)C2)cc1OC. The summed E-state index contributed by atoms with van der Waals surface area (Å²) in [4.78, 5) is 19.5. The van der Waals surface area contributed by atoms with Gasteiger partial charge < -0.3 is 23.6 Å². The van der Waals surface area contributed by atoms with Crippen LogP contribution in [0.4, 0.5) is 0 Å². The number of amides is 1. The number of piperidine rings is 1. The van der Waals surface area contributed by atoms with Crippen LogP contribution >= 0.6 is 0 Å². The zero-order chi connectivity index (χ0) is 21.8. The number of rotatable bonds is 6. The molecule has 0 radical (unpaired) electrons. The van der Waals surface area contributed by atoms with Crippen molar-refractivity contribution >= 4 is 5.91 Å². The normalized spacial score (nSPS) is 16.1. The fourth-order valence-corrected chi connectivity index (χ4v) is 3.86. The van der Waals surface area contributed by atoms with Gasteiger partial charge in [0.15, 0.2) is 17.3 Å². The van der Waals surface area contributed by atoms with Gasteiger partial charge in [0.25, 0.3) is 11.8 Å². The fourth-order valence-electron chi connectivity index (χ4n) is 3.86. The maximum absolute atomic E-state index is 13.1. The molecule has 2 aromatic carbocycles. The molecule has 1 aliphatic heterocycles.